The van der Waals surface area contributed by atoms with Gasteiger partial charge in [0.15, 0.2) is 9.84 Å². The van der Waals surface area contributed by atoms with E-state index in [9.17, 15) is 18.0 Å². The van der Waals surface area contributed by atoms with E-state index in [-0.39, 0.29) is 17.0 Å². The molecule has 5 rings (SSSR count). The van der Waals surface area contributed by atoms with E-state index >= 15 is 0 Å². The third kappa shape index (κ3) is 6.03. The molecule has 0 spiro atoms. The van der Waals surface area contributed by atoms with Crippen molar-refractivity contribution in [3.63, 3.8) is 0 Å². The summed E-state index contributed by atoms with van der Waals surface area (Å²) in [6.45, 7) is 3.46. The molecule has 0 aliphatic heterocycles. The van der Waals surface area contributed by atoms with Crippen LogP contribution in [-0.2, 0) is 15.6 Å². The summed E-state index contributed by atoms with van der Waals surface area (Å²) in [5.41, 5.74) is 2.81. The first-order chi connectivity index (χ1) is 19.5. The van der Waals surface area contributed by atoms with Gasteiger partial charge in [-0.15, -0.1) is 0 Å². The monoisotopic (exact) mass is 587 g/mol. The molecule has 3 heterocycles. The number of nitrogens with one attached hydrogen (secondary N) is 1. The van der Waals surface area contributed by atoms with Crippen molar-refractivity contribution >= 4 is 38.1 Å². The molecule has 0 aliphatic carbocycles. The van der Waals surface area contributed by atoms with Crippen molar-refractivity contribution in [1.29, 1.82) is 0 Å². The number of amides is 1. The Morgan fingerprint density at radius 2 is 1.80 bits per heavy atom. The molecule has 1 atom stereocenters. The molecule has 0 fully saturated rings. The average molecular weight is 588 g/mol. The van der Waals surface area contributed by atoms with Gasteiger partial charge in [0.05, 0.1) is 39.8 Å². The Morgan fingerprint density at radius 3 is 2.54 bits per heavy atom. The van der Waals surface area contributed by atoms with Gasteiger partial charge in [-0.1, -0.05) is 41.9 Å². The van der Waals surface area contributed by atoms with Crippen LogP contribution >= 0.6 is 11.6 Å². The Hall–Kier alpha value is -4.41. The number of rotatable bonds is 7. The Morgan fingerprint density at radius 1 is 1.05 bits per heavy atom. The van der Waals surface area contributed by atoms with Crippen LogP contribution in [0, 0.1) is 6.92 Å². The summed E-state index contributed by atoms with van der Waals surface area (Å²) in [4.78, 5) is 40.2. The molecule has 2 aromatic carbocycles. The number of hydrogen-bond acceptors (Lipinski definition) is 7. The lowest BCUT2D eigenvalue weighted by atomic mass is 10.1. The number of pyridine rings is 2. The molecule has 0 aliphatic rings. The fourth-order valence-electron chi connectivity index (χ4n) is 4.65. The fraction of sp³-hybridized carbons (Fsp3) is 0.167. The highest BCUT2D eigenvalue weighted by molar-refractivity contribution is 7.89. The molecular weight excluding hydrogens is 562 g/mol. The first-order valence-corrected chi connectivity index (χ1v) is 15.1. The summed E-state index contributed by atoms with van der Waals surface area (Å²) in [7, 11) is -3.26. The highest BCUT2D eigenvalue weighted by atomic mass is 35.5. The van der Waals surface area contributed by atoms with Crippen LogP contribution in [0.1, 0.15) is 40.4 Å². The van der Waals surface area contributed by atoms with E-state index in [1.54, 1.807) is 42.7 Å². The Balaban J connectivity index is 1.52. The van der Waals surface area contributed by atoms with Gasteiger partial charge in [-0.25, -0.2) is 13.4 Å². The van der Waals surface area contributed by atoms with Crippen LogP contribution in [0.4, 0.5) is 0 Å². The van der Waals surface area contributed by atoms with Gasteiger partial charge in [0.1, 0.15) is 5.69 Å². The van der Waals surface area contributed by atoms with E-state index < -0.39 is 21.8 Å². The average Bonchev–Trinajstić information content (AvgIpc) is 2.92. The second-order valence-electron chi connectivity index (χ2n) is 9.79. The van der Waals surface area contributed by atoms with Gasteiger partial charge in [-0.2, -0.15) is 0 Å². The minimum Gasteiger partial charge on any atom is -0.343 e. The summed E-state index contributed by atoms with van der Waals surface area (Å²) < 4.78 is 25.0. The third-order valence-corrected chi connectivity index (χ3v) is 7.69. The van der Waals surface area contributed by atoms with E-state index in [1.807, 2.05) is 36.4 Å². The first-order valence-electron chi connectivity index (χ1n) is 12.7. The van der Waals surface area contributed by atoms with Crippen LogP contribution in [0.25, 0.3) is 27.7 Å². The normalized spacial score (nSPS) is 12.3. The zero-order valence-corrected chi connectivity index (χ0v) is 24.1. The number of hydrogen-bond donors (Lipinski definition) is 1. The molecule has 1 amide bonds. The smallest absolute Gasteiger partial charge is 0.272 e. The van der Waals surface area contributed by atoms with E-state index in [0.29, 0.717) is 49.7 Å². The molecule has 11 heteroatoms. The van der Waals surface area contributed by atoms with E-state index in [1.165, 1.54) is 18.6 Å². The topological polar surface area (TPSA) is 124 Å². The minimum absolute atomic E-state index is 0.0975. The molecule has 1 N–H and O–H groups in total. The van der Waals surface area contributed by atoms with E-state index in [4.69, 9.17) is 11.6 Å². The lowest BCUT2D eigenvalue weighted by Gasteiger charge is -2.21. The number of carbonyl (C=O) groups excluding carboxylic acids is 1. The SMILES string of the molecule is Cc1ncc(-c2cncc(CS(C)(=O)=O)c2)nc1C(=O)N[C@@H](C)c1cc2cccc(Cl)c2c(=O)n1-c1ccccc1. The standard InChI is InChI=1S/C30H26ClN5O4S/c1-18(26-13-21-8-7-11-24(31)27(21)30(38)36(26)23-9-5-4-6-10-23)34-29(37)28-19(2)33-16-25(35-28)22-12-20(14-32-15-22)17-41(3,39)40/h4-16,18H,17H2,1-3H3,(H,34,37)/t18-/m0/s1. The molecular formula is C30H26ClN5O4S. The number of benzene rings is 2. The van der Waals surface area contributed by atoms with Crippen molar-refractivity contribution in [3.05, 3.63) is 117 Å². The molecule has 41 heavy (non-hydrogen) atoms. The van der Waals surface area contributed by atoms with Crippen molar-refractivity contribution in [2.45, 2.75) is 25.6 Å². The van der Waals surface area contributed by atoms with Gasteiger partial charge in [-0.3, -0.25) is 24.1 Å². The number of carbonyl (C=O) groups is 1. The second-order valence-corrected chi connectivity index (χ2v) is 12.3. The number of fused-ring (bicyclic) bond motifs is 1. The summed E-state index contributed by atoms with van der Waals surface area (Å²) in [6, 6.07) is 17.3. The Bertz CT molecular complexity index is 1960. The lowest BCUT2D eigenvalue weighted by Crippen LogP contribution is -2.33. The van der Waals surface area contributed by atoms with Crippen LogP contribution < -0.4 is 10.9 Å². The third-order valence-electron chi connectivity index (χ3n) is 6.52. The van der Waals surface area contributed by atoms with Crippen molar-refractivity contribution < 1.29 is 13.2 Å². The lowest BCUT2D eigenvalue weighted by molar-refractivity contribution is 0.0932. The number of nitrogens with zero attached hydrogens (tertiary/aromatic N) is 4. The number of aryl methyl sites for hydroxylation is 1. The molecule has 3 aromatic heterocycles. The second kappa shape index (κ2) is 11.2. The highest BCUT2D eigenvalue weighted by Crippen LogP contribution is 2.26. The van der Waals surface area contributed by atoms with Crippen molar-refractivity contribution in [3.8, 4) is 16.9 Å². The Kier molecular flexibility index (Phi) is 7.70. The predicted octanol–water partition coefficient (Wildman–Crippen LogP) is 4.84. The number of para-hydroxylation sites is 1. The van der Waals surface area contributed by atoms with Gasteiger partial charge in [-0.05, 0) is 55.1 Å². The van der Waals surface area contributed by atoms with Crippen LogP contribution in [0.15, 0.2) is 84.0 Å². The predicted molar refractivity (Wildman–Crippen MR) is 159 cm³/mol. The van der Waals surface area contributed by atoms with Gasteiger partial charge in [0.25, 0.3) is 11.5 Å². The van der Waals surface area contributed by atoms with Crippen molar-refractivity contribution in [2.75, 3.05) is 6.26 Å². The van der Waals surface area contributed by atoms with Gasteiger partial charge in [0, 0.05) is 35.6 Å². The summed E-state index contributed by atoms with van der Waals surface area (Å²) >= 11 is 6.41. The first kappa shape index (κ1) is 28.1. The van der Waals surface area contributed by atoms with Crippen molar-refractivity contribution in [1.82, 2.24) is 24.8 Å². The molecule has 0 radical (unpaired) electrons. The molecule has 9 nitrogen and oxygen atoms in total. The zero-order valence-electron chi connectivity index (χ0n) is 22.5. The molecule has 5 aromatic rings. The summed E-state index contributed by atoms with van der Waals surface area (Å²) in [5, 5.41) is 4.36. The van der Waals surface area contributed by atoms with Crippen LogP contribution in [0.3, 0.4) is 0 Å². The number of halogens is 1. The van der Waals surface area contributed by atoms with Crippen LogP contribution in [0.5, 0.6) is 0 Å². The van der Waals surface area contributed by atoms with E-state index in [2.05, 4.69) is 20.3 Å². The van der Waals surface area contributed by atoms with E-state index in [0.717, 1.165) is 6.26 Å². The molecule has 0 saturated carbocycles. The maximum Gasteiger partial charge on any atom is 0.272 e. The van der Waals surface area contributed by atoms with Crippen LogP contribution in [0.2, 0.25) is 5.02 Å². The molecule has 208 valence electrons. The summed E-state index contributed by atoms with van der Waals surface area (Å²) in [5.74, 6) is -0.652. The maximum atomic E-state index is 13.7. The van der Waals surface area contributed by atoms with Gasteiger partial charge in [0.2, 0.25) is 0 Å². The highest BCUT2D eigenvalue weighted by Gasteiger charge is 2.22. The number of sulfone groups is 1. The minimum atomic E-state index is -3.26. The molecule has 0 saturated heterocycles. The molecule has 0 bridgehead atoms. The van der Waals surface area contributed by atoms with Crippen LogP contribution in [-0.4, -0.2) is 40.1 Å². The largest absolute Gasteiger partial charge is 0.343 e. The Labute approximate surface area is 241 Å². The molecule has 0 unspecified atom stereocenters. The van der Waals surface area contributed by atoms with Crippen molar-refractivity contribution in [2.24, 2.45) is 0 Å². The number of aromatic nitrogens is 4. The zero-order chi connectivity index (χ0) is 29.3. The fourth-order valence-corrected chi connectivity index (χ4v) is 5.68. The summed E-state index contributed by atoms with van der Waals surface area (Å²) in [6.07, 6.45) is 5.67. The maximum absolute atomic E-state index is 13.7. The van der Waals surface area contributed by atoms with Gasteiger partial charge >= 0.3 is 0 Å². The van der Waals surface area contributed by atoms with Gasteiger partial charge < -0.3 is 5.32 Å². The quantitative estimate of drug-likeness (QED) is 0.289.